The van der Waals surface area contributed by atoms with Gasteiger partial charge in [0.15, 0.2) is 11.5 Å². The van der Waals surface area contributed by atoms with Crippen molar-refractivity contribution >= 4 is 18.3 Å². The second-order valence-corrected chi connectivity index (χ2v) is 5.20. The van der Waals surface area contributed by atoms with Gasteiger partial charge < -0.3 is 20.5 Å². The number of halogens is 1. The monoisotopic (exact) mass is 344 g/mol. The maximum Gasteiger partial charge on any atom is 0.237 e. The number of hydrogen-bond donors (Lipinski definition) is 2. The van der Waals surface area contributed by atoms with Crippen molar-refractivity contribution in [3.05, 3.63) is 23.8 Å². The second-order valence-electron chi connectivity index (χ2n) is 5.20. The summed E-state index contributed by atoms with van der Waals surface area (Å²) in [5.74, 6) is 1.29. The highest BCUT2D eigenvalue weighted by molar-refractivity contribution is 5.85. The van der Waals surface area contributed by atoms with Crippen molar-refractivity contribution in [2.24, 2.45) is 5.73 Å². The Hall–Kier alpha value is -1.46. The van der Waals surface area contributed by atoms with Crippen LogP contribution in [0.1, 0.15) is 52.1 Å². The molecular formula is C17H29ClN2O3. The molecule has 0 saturated heterocycles. The molecule has 1 aromatic rings. The van der Waals surface area contributed by atoms with Gasteiger partial charge in [-0.05, 0) is 44.9 Å². The number of carbonyl (C=O) groups is 1. The summed E-state index contributed by atoms with van der Waals surface area (Å²) in [4.78, 5) is 12.0. The van der Waals surface area contributed by atoms with Crippen molar-refractivity contribution < 1.29 is 14.3 Å². The minimum absolute atomic E-state index is 0. The van der Waals surface area contributed by atoms with Crippen molar-refractivity contribution in [3.8, 4) is 11.5 Å². The Bertz CT molecular complexity index is 483. The van der Waals surface area contributed by atoms with Gasteiger partial charge in [0.1, 0.15) is 0 Å². The van der Waals surface area contributed by atoms with E-state index in [0.717, 1.165) is 12.0 Å². The van der Waals surface area contributed by atoms with Gasteiger partial charge in [-0.25, -0.2) is 0 Å². The van der Waals surface area contributed by atoms with E-state index in [1.54, 1.807) is 0 Å². The van der Waals surface area contributed by atoms with E-state index in [1.807, 2.05) is 45.9 Å². The molecule has 2 unspecified atom stereocenters. The smallest absolute Gasteiger partial charge is 0.237 e. The predicted octanol–water partition coefficient (Wildman–Crippen LogP) is 3.21. The molecule has 2 atom stereocenters. The quantitative estimate of drug-likeness (QED) is 0.721. The Morgan fingerprint density at radius 3 is 2.35 bits per heavy atom. The molecule has 0 saturated carbocycles. The van der Waals surface area contributed by atoms with Crippen LogP contribution >= 0.6 is 12.4 Å². The molecule has 0 bridgehead atoms. The molecule has 132 valence electrons. The molecule has 6 heteroatoms. The number of ether oxygens (including phenoxy) is 2. The van der Waals surface area contributed by atoms with Crippen LogP contribution in [0.3, 0.4) is 0 Å². The molecule has 5 nitrogen and oxygen atoms in total. The Labute approximate surface area is 145 Å². The van der Waals surface area contributed by atoms with Gasteiger partial charge in [0.25, 0.3) is 0 Å². The highest BCUT2D eigenvalue weighted by atomic mass is 35.5. The molecule has 0 aliphatic heterocycles. The number of rotatable bonds is 9. The van der Waals surface area contributed by atoms with Crippen molar-refractivity contribution in [2.75, 3.05) is 13.2 Å². The summed E-state index contributed by atoms with van der Waals surface area (Å²) < 4.78 is 11.2. The largest absolute Gasteiger partial charge is 0.490 e. The summed E-state index contributed by atoms with van der Waals surface area (Å²) in [6, 6.07) is 5.12. The zero-order valence-corrected chi connectivity index (χ0v) is 15.2. The van der Waals surface area contributed by atoms with Crippen LogP contribution in [0, 0.1) is 0 Å². The minimum atomic E-state index is -0.457. The standard InChI is InChI=1S/C17H28N2O3.ClH/c1-5-8-14(18)17(20)19-12(4)13-9-10-15(21-6-2)16(11-13)22-7-3;/h9-12,14H,5-8,18H2,1-4H3,(H,19,20);1H. The molecule has 3 N–H and O–H groups in total. The lowest BCUT2D eigenvalue weighted by atomic mass is 10.1. The van der Waals surface area contributed by atoms with Crippen molar-refractivity contribution in [1.82, 2.24) is 5.32 Å². The fourth-order valence-electron chi connectivity index (χ4n) is 2.18. The van der Waals surface area contributed by atoms with Crippen molar-refractivity contribution in [3.63, 3.8) is 0 Å². The molecule has 1 amide bonds. The van der Waals surface area contributed by atoms with Gasteiger partial charge in [-0.2, -0.15) is 0 Å². The van der Waals surface area contributed by atoms with Crippen LogP contribution in [0.15, 0.2) is 18.2 Å². The summed E-state index contributed by atoms with van der Waals surface area (Å²) in [6.45, 7) is 8.95. The van der Waals surface area contributed by atoms with E-state index in [0.29, 0.717) is 31.1 Å². The first kappa shape index (κ1) is 21.5. The molecule has 0 heterocycles. The summed E-state index contributed by atoms with van der Waals surface area (Å²) in [6.07, 6.45) is 1.58. The van der Waals surface area contributed by atoms with Crippen LogP contribution in [0.4, 0.5) is 0 Å². The van der Waals surface area contributed by atoms with Gasteiger partial charge in [0.05, 0.1) is 25.3 Å². The molecule has 0 aromatic heterocycles. The number of carbonyl (C=O) groups excluding carboxylic acids is 1. The maximum absolute atomic E-state index is 12.0. The zero-order valence-electron chi connectivity index (χ0n) is 14.4. The van der Waals surface area contributed by atoms with Crippen LogP contribution in [0.25, 0.3) is 0 Å². The van der Waals surface area contributed by atoms with Crippen LogP contribution < -0.4 is 20.5 Å². The number of nitrogens with two attached hydrogens (primary N) is 1. The zero-order chi connectivity index (χ0) is 16.5. The van der Waals surface area contributed by atoms with E-state index in [-0.39, 0.29) is 24.4 Å². The highest BCUT2D eigenvalue weighted by Crippen LogP contribution is 2.30. The van der Waals surface area contributed by atoms with Crippen LogP contribution in [-0.4, -0.2) is 25.2 Å². The topological polar surface area (TPSA) is 73.6 Å². The Kier molecular flexibility index (Phi) is 10.4. The number of nitrogens with one attached hydrogen (secondary N) is 1. The molecule has 0 aliphatic carbocycles. The Morgan fingerprint density at radius 1 is 1.17 bits per heavy atom. The molecule has 0 radical (unpaired) electrons. The molecular weight excluding hydrogens is 316 g/mol. The first-order chi connectivity index (χ1) is 10.5. The summed E-state index contributed by atoms with van der Waals surface area (Å²) >= 11 is 0. The number of benzene rings is 1. The van der Waals surface area contributed by atoms with Gasteiger partial charge in [-0.15, -0.1) is 12.4 Å². The van der Waals surface area contributed by atoms with Gasteiger partial charge in [0, 0.05) is 0 Å². The van der Waals surface area contributed by atoms with E-state index in [1.165, 1.54) is 0 Å². The lowest BCUT2D eigenvalue weighted by Crippen LogP contribution is -2.41. The Morgan fingerprint density at radius 2 is 1.78 bits per heavy atom. The lowest BCUT2D eigenvalue weighted by Gasteiger charge is -2.19. The lowest BCUT2D eigenvalue weighted by molar-refractivity contribution is -0.123. The van der Waals surface area contributed by atoms with E-state index in [2.05, 4.69) is 5.32 Å². The molecule has 0 spiro atoms. The van der Waals surface area contributed by atoms with Crippen LogP contribution in [0.2, 0.25) is 0 Å². The molecule has 0 fully saturated rings. The van der Waals surface area contributed by atoms with Crippen molar-refractivity contribution in [2.45, 2.75) is 52.6 Å². The second kappa shape index (κ2) is 11.1. The van der Waals surface area contributed by atoms with E-state index in [4.69, 9.17) is 15.2 Å². The van der Waals surface area contributed by atoms with E-state index >= 15 is 0 Å². The first-order valence-corrected chi connectivity index (χ1v) is 7.98. The fraction of sp³-hybridized carbons (Fsp3) is 0.588. The normalized spacial score (nSPS) is 12.7. The van der Waals surface area contributed by atoms with Gasteiger partial charge >= 0.3 is 0 Å². The third-order valence-electron chi connectivity index (χ3n) is 3.36. The molecule has 0 aliphatic rings. The SMILES string of the molecule is CCCC(N)C(=O)NC(C)c1ccc(OCC)c(OCC)c1.Cl. The van der Waals surface area contributed by atoms with Gasteiger partial charge in [-0.1, -0.05) is 19.4 Å². The van der Waals surface area contributed by atoms with Crippen LogP contribution in [-0.2, 0) is 4.79 Å². The molecule has 1 rings (SSSR count). The number of amides is 1. The average Bonchev–Trinajstić information content (AvgIpc) is 2.49. The molecule has 23 heavy (non-hydrogen) atoms. The van der Waals surface area contributed by atoms with Crippen molar-refractivity contribution in [1.29, 1.82) is 0 Å². The third-order valence-corrected chi connectivity index (χ3v) is 3.36. The summed E-state index contributed by atoms with van der Waals surface area (Å²) in [5.41, 5.74) is 6.80. The van der Waals surface area contributed by atoms with Crippen LogP contribution in [0.5, 0.6) is 11.5 Å². The van der Waals surface area contributed by atoms with Gasteiger partial charge in [0.2, 0.25) is 5.91 Å². The summed E-state index contributed by atoms with van der Waals surface area (Å²) in [5, 5.41) is 2.94. The number of hydrogen-bond acceptors (Lipinski definition) is 4. The maximum atomic E-state index is 12.0. The fourth-order valence-corrected chi connectivity index (χ4v) is 2.18. The molecule has 1 aromatic carbocycles. The minimum Gasteiger partial charge on any atom is -0.490 e. The Balaban J connectivity index is 0.00000484. The average molecular weight is 345 g/mol. The third kappa shape index (κ3) is 6.67. The highest BCUT2D eigenvalue weighted by Gasteiger charge is 2.17. The first-order valence-electron chi connectivity index (χ1n) is 7.98. The summed E-state index contributed by atoms with van der Waals surface area (Å²) in [7, 11) is 0. The van der Waals surface area contributed by atoms with Gasteiger partial charge in [-0.3, -0.25) is 4.79 Å². The van der Waals surface area contributed by atoms with E-state index < -0.39 is 6.04 Å². The predicted molar refractivity (Wildman–Crippen MR) is 95.5 cm³/mol. The van der Waals surface area contributed by atoms with E-state index in [9.17, 15) is 4.79 Å².